The first-order chi connectivity index (χ1) is 9.42. The third-order valence-corrected chi connectivity index (χ3v) is 3.16. The normalized spacial score (nSPS) is 12.8. The average molecular weight is 278 g/mol. The van der Waals surface area contributed by atoms with Crippen LogP contribution in [0, 0.1) is 6.92 Å². The SMILES string of the molecule is CCN(CC(=O)NC(C)C)CC(O)c1ccc(C)cc1. The molecular weight excluding hydrogens is 252 g/mol. The molecule has 0 aliphatic rings. The third kappa shape index (κ3) is 5.72. The van der Waals surface area contributed by atoms with E-state index in [9.17, 15) is 9.90 Å². The molecule has 20 heavy (non-hydrogen) atoms. The van der Waals surface area contributed by atoms with Gasteiger partial charge in [-0.1, -0.05) is 36.8 Å². The lowest BCUT2D eigenvalue weighted by molar-refractivity contribution is -0.123. The third-order valence-electron chi connectivity index (χ3n) is 3.16. The molecule has 0 heterocycles. The number of carbonyl (C=O) groups excluding carboxylic acids is 1. The molecule has 0 spiro atoms. The molecule has 1 atom stereocenters. The van der Waals surface area contributed by atoms with Crippen molar-refractivity contribution < 1.29 is 9.90 Å². The van der Waals surface area contributed by atoms with Crippen molar-refractivity contribution in [3.05, 3.63) is 35.4 Å². The van der Waals surface area contributed by atoms with E-state index in [1.165, 1.54) is 5.56 Å². The van der Waals surface area contributed by atoms with Gasteiger partial charge in [0.2, 0.25) is 5.91 Å². The van der Waals surface area contributed by atoms with Crippen molar-refractivity contribution in [2.45, 2.75) is 39.8 Å². The largest absolute Gasteiger partial charge is 0.387 e. The van der Waals surface area contributed by atoms with Crippen molar-refractivity contribution in [1.82, 2.24) is 10.2 Å². The van der Waals surface area contributed by atoms with Crippen LogP contribution in [0.3, 0.4) is 0 Å². The maximum atomic E-state index is 11.8. The predicted octanol–water partition coefficient (Wildman–Crippen LogP) is 1.87. The summed E-state index contributed by atoms with van der Waals surface area (Å²) in [6.45, 7) is 9.40. The van der Waals surface area contributed by atoms with Gasteiger partial charge in [-0.2, -0.15) is 0 Å². The highest BCUT2D eigenvalue weighted by Crippen LogP contribution is 2.14. The summed E-state index contributed by atoms with van der Waals surface area (Å²) in [6, 6.07) is 7.98. The van der Waals surface area contributed by atoms with Crippen molar-refractivity contribution in [2.24, 2.45) is 0 Å². The summed E-state index contributed by atoms with van der Waals surface area (Å²) in [5.41, 5.74) is 2.06. The number of nitrogens with one attached hydrogen (secondary N) is 1. The maximum Gasteiger partial charge on any atom is 0.234 e. The summed E-state index contributed by atoms with van der Waals surface area (Å²) in [5.74, 6) is -0.00189. The summed E-state index contributed by atoms with van der Waals surface area (Å²) in [5, 5.41) is 13.1. The Bertz CT molecular complexity index is 415. The number of likely N-dealkylation sites (N-methyl/N-ethyl adjacent to an activating group) is 1. The molecule has 1 amide bonds. The van der Waals surface area contributed by atoms with E-state index >= 15 is 0 Å². The number of aliphatic hydroxyl groups excluding tert-OH is 1. The molecule has 1 rings (SSSR count). The van der Waals surface area contributed by atoms with E-state index in [0.29, 0.717) is 13.1 Å². The smallest absolute Gasteiger partial charge is 0.234 e. The molecule has 0 saturated carbocycles. The van der Waals surface area contributed by atoms with Crippen LogP contribution < -0.4 is 5.32 Å². The molecule has 1 unspecified atom stereocenters. The van der Waals surface area contributed by atoms with Gasteiger partial charge in [0.25, 0.3) is 0 Å². The van der Waals surface area contributed by atoms with E-state index in [2.05, 4.69) is 5.32 Å². The van der Waals surface area contributed by atoms with Gasteiger partial charge in [0.15, 0.2) is 0 Å². The fraction of sp³-hybridized carbons (Fsp3) is 0.562. The predicted molar refractivity (Wildman–Crippen MR) is 81.5 cm³/mol. The van der Waals surface area contributed by atoms with Crippen LogP contribution in [0.15, 0.2) is 24.3 Å². The molecule has 0 aliphatic heterocycles. The van der Waals surface area contributed by atoms with Crippen molar-refractivity contribution in [3.8, 4) is 0 Å². The van der Waals surface area contributed by atoms with Gasteiger partial charge in [0.05, 0.1) is 12.6 Å². The number of benzene rings is 1. The minimum absolute atomic E-state index is 0.00189. The second-order valence-corrected chi connectivity index (χ2v) is 5.48. The Morgan fingerprint density at radius 1 is 1.30 bits per heavy atom. The second kappa shape index (κ2) is 8.02. The van der Waals surface area contributed by atoms with E-state index in [1.807, 2.05) is 56.9 Å². The first-order valence-corrected chi connectivity index (χ1v) is 7.18. The molecule has 1 aromatic rings. The summed E-state index contributed by atoms with van der Waals surface area (Å²) >= 11 is 0. The van der Waals surface area contributed by atoms with Gasteiger partial charge in [-0.05, 0) is 32.9 Å². The number of carbonyl (C=O) groups is 1. The van der Waals surface area contributed by atoms with Gasteiger partial charge in [-0.15, -0.1) is 0 Å². The number of aliphatic hydroxyl groups is 1. The van der Waals surface area contributed by atoms with Crippen LogP contribution in [0.4, 0.5) is 0 Å². The fourth-order valence-electron chi connectivity index (χ4n) is 2.01. The zero-order chi connectivity index (χ0) is 15.1. The second-order valence-electron chi connectivity index (χ2n) is 5.48. The van der Waals surface area contributed by atoms with Gasteiger partial charge in [-0.25, -0.2) is 0 Å². The quantitative estimate of drug-likeness (QED) is 0.800. The summed E-state index contributed by atoms with van der Waals surface area (Å²) < 4.78 is 0. The first-order valence-electron chi connectivity index (χ1n) is 7.18. The fourth-order valence-corrected chi connectivity index (χ4v) is 2.01. The Labute approximate surface area is 121 Å². The maximum absolute atomic E-state index is 11.8. The minimum atomic E-state index is -0.567. The number of amides is 1. The van der Waals surface area contributed by atoms with Crippen LogP contribution in [0.5, 0.6) is 0 Å². The molecule has 0 radical (unpaired) electrons. The van der Waals surface area contributed by atoms with Crippen LogP contribution in [-0.4, -0.2) is 41.6 Å². The monoisotopic (exact) mass is 278 g/mol. The number of hydrogen-bond donors (Lipinski definition) is 2. The molecule has 0 aliphatic carbocycles. The topological polar surface area (TPSA) is 52.6 Å². The van der Waals surface area contributed by atoms with Gasteiger partial charge < -0.3 is 10.4 Å². The molecule has 1 aromatic carbocycles. The lowest BCUT2D eigenvalue weighted by Crippen LogP contribution is -2.41. The minimum Gasteiger partial charge on any atom is -0.387 e. The zero-order valence-corrected chi connectivity index (χ0v) is 12.9. The number of aryl methyl sites for hydroxylation is 1. The highest BCUT2D eigenvalue weighted by molar-refractivity contribution is 5.78. The summed E-state index contributed by atoms with van der Waals surface area (Å²) in [7, 11) is 0. The van der Waals surface area contributed by atoms with Gasteiger partial charge in [0.1, 0.15) is 0 Å². The molecule has 0 fully saturated rings. The first kappa shape index (κ1) is 16.7. The van der Waals surface area contributed by atoms with E-state index in [1.54, 1.807) is 0 Å². The molecule has 4 heteroatoms. The molecular formula is C16H26N2O2. The molecule has 0 aromatic heterocycles. The Morgan fingerprint density at radius 2 is 1.90 bits per heavy atom. The highest BCUT2D eigenvalue weighted by atomic mass is 16.3. The van der Waals surface area contributed by atoms with E-state index < -0.39 is 6.10 Å². The molecule has 0 bridgehead atoms. The molecule has 112 valence electrons. The Balaban J connectivity index is 2.54. The van der Waals surface area contributed by atoms with Crippen LogP contribution in [-0.2, 0) is 4.79 Å². The lowest BCUT2D eigenvalue weighted by Gasteiger charge is -2.23. The molecule has 4 nitrogen and oxygen atoms in total. The van der Waals surface area contributed by atoms with Crippen LogP contribution >= 0.6 is 0 Å². The number of nitrogens with zero attached hydrogens (tertiary/aromatic N) is 1. The van der Waals surface area contributed by atoms with Crippen LogP contribution in [0.25, 0.3) is 0 Å². The average Bonchev–Trinajstić information content (AvgIpc) is 2.37. The lowest BCUT2D eigenvalue weighted by atomic mass is 10.1. The highest BCUT2D eigenvalue weighted by Gasteiger charge is 2.15. The number of rotatable bonds is 7. The number of hydrogen-bond acceptors (Lipinski definition) is 3. The standard InChI is InChI=1S/C16H26N2O2/c1-5-18(11-16(20)17-12(2)3)10-15(19)14-8-6-13(4)7-9-14/h6-9,12,15,19H,5,10-11H2,1-4H3,(H,17,20). The van der Waals surface area contributed by atoms with Crippen LogP contribution in [0.1, 0.15) is 38.0 Å². The van der Waals surface area contributed by atoms with E-state index in [-0.39, 0.29) is 11.9 Å². The Kier molecular flexibility index (Phi) is 6.68. The van der Waals surface area contributed by atoms with Crippen molar-refractivity contribution in [3.63, 3.8) is 0 Å². The van der Waals surface area contributed by atoms with E-state index in [0.717, 1.165) is 12.1 Å². The van der Waals surface area contributed by atoms with E-state index in [4.69, 9.17) is 0 Å². The van der Waals surface area contributed by atoms with Crippen LogP contribution in [0.2, 0.25) is 0 Å². The van der Waals surface area contributed by atoms with Gasteiger partial charge >= 0.3 is 0 Å². The van der Waals surface area contributed by atoms with Crippen molar-refractivity contribution in [1.29, 1.82) is 0 Å². The molecule has 2 N–H and O–H groups in total. The zero-order valence-electron chi connectivity index (χ0n) is 12.9. The summed E-state index contributed by atoms with van der Waals surface area (Å²) in [4.78, 5) is 13.7. The summed E-state index contributed by atoms with van der Waals surface area (Å²) in [6.07, 6.45) is -0.567. The van der Waals surface area contributed by atoms with Gasteiger partial charge in [-0.3, -0.25) is 9.69 Å². The van der Waals surface area contributed by atoms with Crippen molar-refractivity contribution in [2.75, 3.05) is 19.6 Å². The Hall–Kier alpha value is -1.39. The van der Waals surface area contributed by atoms with Gasteiger partial charge in [0, 0.05) is 12.6 Å². The molecule has 0 saturated heterocycles. The Morgan fingerprint density at radius 3 is 2.40 bits per heavy atom. The van der Waals surface area contributed by atoms with Crippen molar-refractivity contribution >= 4 is 5.91 Å².